The van der Waals surface area contributed by atoms with Crippen molar-refractivity contribution in [1.29, 1.82) is 5.26 Å². The molecule has 122 valence electrons. The quantitative estimate of drug-likeness (QED) is 0.783. The van der Waals surface area contributed by atoms with E-state index in [4.69, 9.17) is 14.0 Å². The van der Waals surface area contributed by atoms with Crippen molar-refractivity contribution in [1.82, 2.24) is 4.98 Å². The Morgan fingerprint density at radius 1 is 1.13 bits per heavy atom. The van der Waals surface area contributed by atoms with Gasteiger partial charge in [-0.1, -0.05) is 0 Å². The van der Waals surface area contributed by atoms with E-state index in [0.717, 1.165) is 37.2 Å². The molecule has 5 nitrogen and oxygen atoms in total. The number of pyridine rings is 1. The van der Waals surface area contributed by atoms with E-state index in [0.29, 0.717) is 11.6 Å². The van der Waals surface area contributed by atoms with Crippen molar-refractivity contribution in [2.45, 2.75) is 57.7 Å². The smallest absolute Gasteiger partial charge is 0.399 e. The number of aromatic nitrogens is 1. The lowest BCUT2D eigenvalue weighted by Gasteiger charge is -2.32. The van der Waals surface area contributed by atoms with Gasteiger partial charge in [-0.2, -0.15) is 5.26 Å². The van der Waals surface area contributed by atoms with Crippen molar-refractivity contribution < 1.29 is 14.0 Å². The molecule has 3 rings (SSSR count). The minimum atomic E-state index is -0.464. The minimum Gasteiger partial charge on any atom is -0.399 e. The van der Waals surface area contributed by atoms with Gasteiger partial charge in [0.2, 0.25) is 0 Å². The molecule has 2 aliphatic rings. The van der Waals surface area contributed by atoms with Crippen molar-refractivity contribution >= 4 is 12.6 Å². The molecule has 6 heteroatoms. The summed E-state index contributed by atoms with van der Waals surface area (Å²) < 4.78 is 17.6. The lowest BCUT2D eigenvalue weighted by Crippen LogP contribution is -2.41. The van der Waals surface area contributed by atoms with Crippen molar-refractivity contribution in [3.8, 4) is 6.07 Å². The third-order valence-electron chi connectivity index (χ3n) is 5.15. The predicted octanol–water partition coefficient (Wildman–Crippen LogP) is 2.15. The van der Waals surface area contributed by atoms with Gasteiger partial charge in [0, 0.05) is 24.8 Å². The number of hydrogen-bond acceptors (Lipinski definition) is 5. The largest absolute Gasteiger partial charge is 0.495 e. The average Bonchev–Trinajstić information content (AvgIpc) is 2.76. The SMILES string of the molecule is CC1(C)OB(c2cc(C#N)nc(C3CCOCC3)c2)OC1(C)C. The summed E-state index contributed by atoms with van der Waals surface area (Å²) in [4.78, 5) is 4.49. The Kier molecular flexibility index (Phi) is 4.22. The Morgan fingerprint density at radius 3 is 2.30 bits per heavy atom. The molecule has 0 N–H and O–H groups in total. The van der Waals surface area contributed by atoms with E-state index in [-0.39, 0.29) is 0 Å². The van der Waals surface area contributed by atoms with Crippen molar-refractivity contribution in [2.75, 3.05) is 13.2 Å². The molecule has 0 bridgehead atoms. The number of ether oxygens (including phenoxy) is 1. The van der Waals surface area contributed by atoms with Crippen LogP contribution < -0.4 is 5.46 Å². The highest BCUT2D eigenvalue weighted by atomic mass is 16.7. The molecule has 1 aromatic heterocycles. The highest BCUT2D eigenvalue weighted by molar-refractivity contribution is 6.62. The summed E-state index contributed by atoms with van der Waals surface area (Å²) in [5.41, 5.74) is 1.44. The maximum Gasteiger partial charge on any atom is 0.495 e. The fraction of sp³-hybridized carbons (Fsp3) is 0.647. The molecule has 2 aliphatic heterocycles. The predicted molar refractivity (Wildman–Crippen MR) is 87.5 cm³/mol. The minimum absolute atomic E-state index is 0.332. The Labute approximate surface area is 138 Å². The molecule has 0 unspecified atom stereocenters. The van der Waals surface area contributed by atoms with Crippen LogP contribution in [-0.4, -0.2) is 36.5 Å². The molecule has 0 amide bonds. The zero-order valence-corrected chi connectivity index (χ0v) is 14.3. The Balaban J connectivity index is 1.92. The normalized spacial score (nSPS) is 23.7. The van der Waals surface area contributed by atoms with Crippen LogP contribution in [-0.2, 0) is 14.0 Å². The van der Waals surface area contributed by atoms with Gasteiger partial charge in [0.25, 0.3) is 0 Å². The number of nitrogens with zero attached hydrogens (tertiary/aromatic N) is 2. The van der Waals surface area contributed by atoms with Crippen molar-refractivity contribution in [3.63, 3.8) is 0 Å². The van der Waals surface area contributed by atoms with Crippen molar-refractivity contribution in [2.24, 2.45) is 0 Å². The van der Waals surface area contributed by atoms with E-state index < -0.39 is 18.3 Å². The molecular formula is C17H23BN2O3. The van der Waals surface area contributed by atoms with Gasteiger partial charge in [-0.3, -0.25) is 0 Å². The van der Waals surface area contributed by atoms with E-state index in [9.17, 15) is 5.26 Å². The topological polar surface area (TPSA) is 64.4 Å². The highest BCUT2D eigenvalue weighted by Crippen LogP contribution is 2.36. The van der Waals surface area contributed by atoms with Gasteiger partial charge in [0.1, 0.15) is 11.8 Å². The Bertz CT molecular complexity index is 617. The van der Waals surface area contributed by atoms with Crippen molar-refractivity contribution in [3.05, 3.63) is 23.5 Å². The fourth-order valence-corrected chi connectivity index (χ4v) is 2.95. The van der Waals surface area contributed by atoms with Gasteiger partial charge in [-0.25, -0.2) is 4.98 Å². The standard InChI is InChI=1S/C17H23BN2O3/c1-16(2)17(3,4)23-18(22-16)13-9-14(11-19)20-15(10-13)12-5-7-21-8-6-12/h9-10,12H,5-8H2,1-4H3. The molecule has 23 heavy (non-hydrogen) atoms. The van der Waals surface area contributed by atoms with E-state index in [1.54, 1.807) is 6.07 Å². The molecule has 2 fully saturated rings. The van der Waals surface area contributed by atoms with Crippen LogP contribution in [0.5, 0.6) is 0 Å². The molecular weight excluding hydrogens is 291 g/mol. The highest BCUT2D eigenvalue weighted by Gasteiger charge is 2.51. The Morgan fingerprint density at radius 2 is 1.74 bits per heavy atom. The zero-order chi connectivity index (χ0) is 16.7. The molecule has 3 heterocycles. The number of hydrogen-bond donors (Lipinski definition) is 0. The van der Waals surface area contributed by atoms with Gasteiger partial charge in [0.15, 0.2) is 0 Å². The lowest BCUT2D eigenvalue weighted by molar-refractivity contribution is 0.00578. The first-order chi connectivity index (χ1) is 10.8. The molecule has 0 radical (unpaired) electrons. The number of rotatable bonds is 2. The second-order valence-corrected chi connectivity index (χ2v) is 7.30. The first-order valence-electron chi connectivity index (χ1n) is 8.18. The maximum atomic E-state index is 9.31. The van der Waals surface area contributed by atoms with E-state index in [2.05, 4.69) is 11.1 Å². The second-order valence-electron chi connectivity index (χ2n) is 7.30. The van der Waals surface area contributed by atoms with Crippen LogP contribution in [0.1, 0.15) is 57.8 Å². The molecule has 2 saturated heterocycles. The van der Waals surface area contributed by atoms with Gasteiger partial charge >= 0.3 is 7.12 Å². The van der Waals surface area contributed by atoms with Gasteiger partial charge in [-0.05, 0) is 58.1 Å². The summed E-state index contributed by atoms with van der Waals surface area (Å²) >= 11 is 0. The summed E-state index contributed by atoms with van der Waals surface area (Å²) in [6, 6.07) is 5.95. The van der Waals surface area contributed by atoms with Crippen LogP contribution >= 0.6 is 0 Å². The third-order valence-corrected chi connectivity index (χ3v) is 5.15. The van der Waals surface area contributed by atoms with Crippen LogP contribution in [0, 0.1) is 11.3 Å². The van der Waals surface area contributed by atoms with E-state index in [1.165, 1.54) is 0 Å². The van der Waals surface area contributed by atoms with Crippen LogP contribution in [0.2, 0.25) is 0 Å². The molecule has 0 atom stereocenters. The summed E-state index contributed by atoms with van der Waals surface area (Å²) in [6.45, 7) is 9.60. The first kappa shape index (κ1) is 16.4. The van der Waals surface area contributed by atoms with E-state index in [1.807, 2.05) is 33.8 Å². The molecule has 1 aromatic rings. The Hall–Kier alpha value is -1.42. The molecule has 0 aromatic carbocycles. The zero-order valence-electron chi connectivity index (χ0n) is 14.3. The molecule has 0 saturated carbocycles. The molecule has 0 spiro atoms. The monoisotopic (exact) mass is 314 g/mol. The summed E-state index contributed by atoms with van der Waals surface area (Å²) in [7, 11) is -0.464. The second kappa shape index (κ2) is 5.90. The van der Waals surface area contributed by atoms with Crippen LogP contribution in [0.15, 0.2) is 12.1 Å². The van der Waals surface area contributed by atoms with Gasteiger partial charge in [-0.15, -0.1) is 0 Å². The fourth-order valence-electron chi connectivity index (χ4n) is 2.95. The summed E-state index contributed by atoms with van der Waals surface area (Å²) in [5, 5.41) is 9.31. The van der Waals surface area contributed by atoms with Crippen LogP contribution in [0.4, 0.5) is 0 Å². The maximum absolute atomic E-state index is 9.31. The summed E-state index contributed by atoms with van der Waals surface area (Å²) in [5.74, 6) is 0.332. The van der Waals surface area contributed by atoms with Gasteiger partial charge in [0.05, 0.1) is 11.2 Å². The summed E-state index contributed by atoms with van der Waals surface area (Å²) in [6.07, 6.45) is 1.87. The van der Waals surface area contributed by atoms with Gasteiger partial charge < -0.3 is 14.0 Å². The van der Waals surface area contributed by atoms with Crippen LogP contribution in [0.25, 0.3) is 0 Å². The van der Waals surface area contributed by atoms with E-state index >= 15 is 0 Å². The number of nitriles is 1. The average molecular weight is 314 g/mol. The van der Waals surface area contributed by atoms with Crippen LogP contribution in [0.3, 0.4) is 0 Å². The lowest BCUT2D eigenvalue weighted by atomic mass is 9.77. The third kappa shape index (κ3) is 3.14. The first-order valence-corrected chi connectivity index (χ1v) is 8.18. The molecule has 0 aliphatic carbocycles.